The van der Waals surface area contributed by atoms with Gasteiger partial charge < -0.3 is 28.4 Å². The van der Waals surface area contributed by atoms with E-state index in [2.05, 4.69) is 12.3 Å². The SMILES string of the molecule is COc1cc([C@@H]2c3cc4c(cc3O[C@H](NN)[C@@H]2C)OCO4)cc(OC)c1OC. The van der Waals surface area contributed by atoms with Gasteiger partial charge in [-0.1, -0.05) is 6.92 Å². The summed E-state index contributed by atoms with van der Waals surface area (Å²) in [7, 11) is 4.79. The Bertz CT molecular complexity index is 862. The third-order valence-corrected chi connectivity index (χ3v) is 5.31. The maximum Gasteiger partial charge on any atom is 0.231 e. The van der Waals surface area contributed by atoms with Crippen LogP contribution in [0.4, 0.5) is 0 Å². The van der Waals surface area contributed by atoms with Crippen molar-refractivity contribution in [3.63, 3.8) is 0 Å². The fourth-order valence-electron chi connectivity index (χ4n) is 3.94. The molecule has 0 radical (unpaired) electrons. The summed E-state index contributed by atoms with van der Waals surface area (Å²) in [5.41, 5.74) is 4.74. The van der Waals surface area contributed by atoms with Crippen LogP contribution in [0.5, 0.6) is 34.5 Å². The quantitative estimate of drug-likeness (QED) is 0.596. The van der Waals surface area contributed by atoms with Gasteiger partial charge in [-0.25, -0.2) is 5.43 Å². The maximum absolute atomic E-state index is 6.07. The second-order valence-corrected chi connectivity index (χ2v) is 6.74. The number of hydrazine groups is 1. The molecular weight excluding hydrogens is 364 g/mol. The molecule has 0 spiro atoms. The smallest absolute Gasteiger partial charge is 0.231 e. The van der Waals surface area contributed by atoms with Crippen LogP contribution in [-0.2, 0) is 0 Å². The van der Waals surface area contributed by atoms with Crippen molar-refractivity contribution < 1.29 is 28.4 Å². The first-order chi connectivity index (χ1) is 13.6. The molecule has 0 aliphatic carbocycles. The maximum atomic E-state index is 6.07. The second kappa shape index (κ2) is 7.29. The predicted octanol–water partition coefficient (Wildman–Crippen LogP) is 2.39. The molecule has 2 aromatic rings. The van der Waals surface area contributed by atoms with Gasteiger partial charge in [-0.2, -0.15) is 0 Å². The number of hydrogen-bond donors (Lipinski definition) is 2. The third-order valence-electron chi connectivity index (χ3n) is 5.31. The largest absolute Gasteiger partial charge is 0.493 e. The first kappa shape index (κ1) is 18.5. The molecule has 8 heteroatoms. The van der Waals surface area contributed by atoms with Crippen LogP contribution in [0.25, 0.3) is 0 Å². The number of fused-ring (bicyclic) bond motifs is 2. The number of ether oxygens (including phenoxy) is 6. The van der Waals surface area contributed by atoms with Crippen LogP contribution in [0.15, 0.2) is 24.3 Å². The Morgan fingerprint density at radius 3 is 2.14 bits per heavy atom. The van der Waals surface area contributed by atoms with E-state index in [0.29, 0.717) is 34.5 Å². The van der Waals surface area contributed by atoms with Gasteiger partial charge in [0.25, 0.3) is 0 Å². The van der Waals surface area contributed by atoms with Crippen LogP contribution in [0, 0.1) is 5.92 Å². The first-order valence-corrected chi connectivity index (χ1v) is 8.97. The summed E-state index contributed by atoms with van der Waals surface area (Å²) < 4.78 is 33.7. The molecule has 0 fully saturated rings. The highest BCUT2D eigenvalue weighted by Crippen LogP contribution is 2.51. The number of nitrogens with one attached hydrogen (secondary N) is 1. The van der Waals surface area contributed by atoms with E-state index in [1.165, 1.54) is 0 Å². The van der Waals surface area contributed by atoms with Crippen molar-refractivity contribution in [2.24, 2.45) is 11.8 Å². The summed E-state index contributed by atoms with van der Waals surface area (Å²) in [4.78, 5) is 0. The van der Waals surface area contributed by atoms with Crippen molar-refractivity contribution in [2.75, 3.05) is 28.1 Å². The molecule has 2 heterocycles. The van der Waals surface area contributed by atoms with E-state index in [0.717, 1.165) is 11.1 Å². The summed E-state index contributed by atoms with van der Waals surface area (Å²) in [5.74, 6) is 9.52. The van der Waals surface area contributed by atoms with Crippen LogP contribution in [-0.4, -0.2) is 34.4 Å². The van der Waals surface area contributed by atoms with Gasteiger partial charge in [0.15, 0.2) is 29.2 Å². The van der Waals surface area contributed by atoms with Gasteiger partial charge in [-0.15, -0.1) is 0 Å². The van der Waals surface area contributed by atoms with E-state index < -0.39 is 0 Å². The van der Waals surface area contributed by atoms with Crippen LogP contribution < -0.4 is 39.7 Å². The number of methoxy groups -OCH3 is 3. The lowest BCUT2D eigenvalue weighted by atomic mass is 9.78. The van der Waals surface area contributed by atoms with Gasteiger partial charge in [0, 0.05) is 23.5 Å². The molecule has 3 atom stereocenters. The molecule has 28 heavy (non-hydrogen) atoms. The van der Waals surface area contributed by atoms with E-state index in [9.17, 15) is 0 Å². The summed E-state index contributed by atoms with van der Waals surface area (Å²) in [6.45, 7) is 2.27. The van der Waals surface area contributed by atoms with E-state index in [4.69, 9.17) is 34.3 Å². The molecule has 0 bridgehead atoms. The van der Waals surface area contributed by atoms with E-state index in [1.54, 1.807) is 21.3 Å². The Morgan fingerprint density at radius 1 is 0.929 bits per heavy atom. The van der Waals surface area contributed by atoms with Gasteiger partial charge in [0.2, 0.25) is 12.5 Å². The number of benzene rings is 2. The van der Waals surface area contributed by atoms with Gasteiger partial charge in [0.1, 0.15) is 5.75 Å². The molecule has 8 nitrogen and oxygen atoms in total. The van der Waals surface area contributed by atoms with Crippen molar-refractivity contribution in [3.05, 3.63) is 35.4 Å². The summed E-state index contributed by atoms with van der Waals surface area (Å²) in [6, 6.07) is 7.72. The molecule has 3 N–H and O–H groups in total. The normalized spacial score (nSPS) is 22.2. The highest BCUT2D eigenvalue weighted by Gasteiger charge is 2.38. The van der Waals surface area contributed by atoms with E-state index in [-0.39, 0.29) is 24.9 Å². The molecule has 150 valence electrons. The minimum absolute atomic E-state index is 0.0145. The van der Waals surface area contributed by atoms with Gasteiger partial charge in [-0.3, -0.25) is 5.84 Å². The highest BCUT2D eigenvalue weighted by molar-refractivity contribution is 5.60. The molecular formula is C20H24N2O6. The van der Waals surface area contributed by atoms with Gasteiger partial charge in [-0.05, 0) is 23.8 Å². The van der Waals surface area contributed by atoms with Gasteiger partial charge in [0.05, 0.1) is 21.3 Å². The molecule has 4 rings (SSSR count). The highest BCUT2D eigenvalue weighted by atomic mass is 16.7. The van der Waals surface area contributed by atoms with Crippen LogP contribution in [0.1, 0.15) is 24.0 Å². The second-order valence-electron chi connectivity index (χ2n) is 6.74. The topological polar surface area (TPSA) is 93.4 Å². The molecule has 0 aromatic heterocycles. The summed E-state index contributed by atoms with van der Waals surface area (Å²) >= 11 is 0. The zero-order valence-corrected chi connectivity index (χ0v) is 16.3. The van der Waals surface area contributed by atoms with Crippen LogP contribution >= 0.6 is 0 Å². The molecule has 0 amide bonds. The minimum atomic E-state index is -0.378. The molecule has 2 aliphatic rings. The van der Waals surface area contributed by atoms with Crippen LogP contribution in [0.2, 0.25) is 0 Å². The van der Waals surface area contributed by atoms with Crippen molar-refractivity contribution >= 4 is 0 Å². The zero-order valence-electron chi connectivity index (χ0n) is 16.3. The molecule has 0 unspecified atom stereocenters. The monoisotopic (exact) mass is 388 g/mol. The Morgan fingerprint density at radius 2 is 1.57 bits per heavy atom. The average Bonchev–Trinajstić information content (AvgIpc) is 3.18. The summed E-state index contributed by atoms with van der Waals surface area (Å²) in [6.07, 6.45) is -0.378. The first-order valence-electron chi connectivity index (χ1n) is 8.97. The van der Waals surface area contributed by atoms with Crippen molar-refractivity contribution in [2.45, 2.75) is 19.1 Å². The molecule has 0 saturated heterocycles. The lowest BCUT2D eigenvalue weighted by Crippen LogP contribution is -2.48. The van der Waals surface area contributed by atoms with E-state index in [1.807, 2.05) is 24.3 Å². The lowest BCUT2D eigenvalue weighted by molar-refractivity contribution is 0.0795. The Kier molecular flexibility index (Phi) is 4.82. The lowest BCUT2D eigenvalue weighted by Gasteiger charge is -2.38. The average molecular weight is 388 g/mol. The fraction of sp³-hybridized carbons (Fsp3) is 0.400. The number of rotatable bonds is 5. The van der Waals surface area contributed by atoms with Crippen molar-refractivity contribution in [1.29, 1.82) is 0 Å². The Balaban J connectivity index is 1.89. The predicted molar refractivity (Wildman–Crippen MR) is 101 cm³/mol. The molecule has 2 aliphatic heterocycles. The molecule has 2 aromatic carbocycles. The molecule has 0 saturated carbocycles. The zero-order chi connectivity index (χ0) is 19.8. The number of hydrogen-bond acceptors (Lipinski definition) is 8. The fourth-order valence-corrected chi connectivity index (χ4v) is 3.94. The van der Waals surface area contributed by atoms with E-state index >= 15 is 0 Å². The summed E-state index contributed by atoms with van der Waals surface area (Å²) in [5, 5.41) is 0. The van der Waals surface area contributed by atoms with Gasteiger partial charge >= 0.3 is 0 Å². The Labute approximate surface area is 163 Å². The van der Waals surface area contributed by atoms with Crippen molar-refractivity contribution in [3.8, 4) is 34.5 Å². The minimum Gasteiger partial charge on any atom is -0.493 e. The number of nitrogens with two attached hydrogens (primary N) is 1. The Hall–Kier alpha value is -2.84. The van der Waals surface area contributed by atoms with Crippen molar-refractivity contribution in [1.82, 2.24) is 5.43 Å². The third kappa shape index (κ3) is 2.85. The standard InChI is InChI=1S/C20H24N2O6/c1-10-18(11-5-16(23-2)19(25-4)17(6-11)24-3)12-7-14-15(27-9-26-14)8-13(12)28-20(10)22-21/h5-8,10,18,20,22H,9,21H2,1-4H3/t10-,18-,20+/m1/s1. The van der Waals surface area contributed by atoms with Crippen LogP contribution in [0.3, 0.4) is 0 Å².